The van der Waals surface area contributed by atoms with Crippen molar-refractivity contribution >= 4 is 21.8 Å². The molecule has 0 aliphatic carbocycles. The topological polar surface area (TPSA) is 98.8 Å². The molecule has 0 saturated carbocycles. The van der Waals surface area contributed by atoms with Gasteiger partial charge in [0.05, 0.1) is 13.1 Å². The van der Waals surface area contributed by atoms with Crippen molar-refractivity contribution in [1.29, 1.82) is 0 Å². The van der Waals surface area contributed by atoms with Gasteiger partial charge in [0.2, 0.25) is 21.8 Å². The van der Waals surface area contributed by atoms with Crippen LogP contribution in [0, 0.1) is 11.6 Å². The van der Waals surface area contributed by atoms with Crippen LogP contribution in [0.5, 0.6) is 0 Å². The van der Waals surface area contributed by atoms with Crippen molar-refractivity contribution in [2.24, 2.45) is 0 Å². The molecule has 0 radical (unpaired) electrons. The monoisotopic (exact) mass is 404 g/mol. The number of piperazine rings is 1. The lowest BCUT2D eigenvalue weighted by atomic mass is 10.3. The van der Waals surface area contributed by atoms with Crippen molar-refractivity contribution in [3.8, 4) is 0 Å². The summed E-state index contributed by atoms with van der Waals surface area (Å²) in [4.78, 5) is 24.3. The summed E-state index contributed by atoms with van der Waals surface area (Å²) in [6.45, 7) is 2.84. The van der Waals surface area contributed by atoms with Gasteiger partial charge >= 0.3 is 0 Å². The third-order valence-corrected chi connectivity index (χ3v) is 5.96. The highest BCUT2D eigenvalue weighted by Crippen LogP contribution is 2.21. The number of hydrogen-bond donors (Lipinski definition) is 2. The van der Waals surface area contributed by atoms with Crippen LogP contribution < -0.4 is 10.6 Å². The van der Waals surface area contributed by atoms with E-state index in [1.807, 2.05) is 0 Å². The molecule has 150 valence electrons. The van der Waals surface area contributed by atoms with E-state index in [-0.39, 0.29) is 51.1 Å². The summed E-state index contributed by atoms with van der Waals surface area (Å²) in [7, 11) is -4.08. The molecule has 2 N–H and O–H groups in total. The highest BCUT2D eigenvalue weighted by Gasteiger charge is 2.31. The van der Waals surface area contributed by atoms with E-state index >= 15 is 0 Å². The van der Waals surface area contributed by atoms with Gasteiger partial charge in [0.25, 0.3) is 0 Å². The zero-order valence-electron chi connectivity index (χ0n) is 14.9. The minimum atomic E-state index is -4.08. The number of benzene rings is 1. The predicted octanol–water partition coefficient (Wildman–Crippen LogP) is -0.477. The van der Waals surface area contributed by atoms with Crippen LogP contribution in [0.4, 0.5) is 8.78 Å². The average Bonchev–Trinajstić information content (AvgIpc) is 2.60. The van der Waals surface area contributed by atoms with Crippen molar-refractivity contribution < 1.29 is 26.8 Å². The number of rotatable bonds is 7. The van der Waals surface area contributed by atoms with Gasteiger partial charge in [0, 0.05) is 38.8 Å². The first-order valence-electron chi connectivity index (χ1n) is 8.45. The summed E-state index contributed by atoms with van der Waals surface area (Å²) in [6, 6.07) is 2.33. The zero-order valence-corrected chi connectivity index (χ0v) is 15.7. The number of sulfonamides is 1. The molecule has 1 fully saturated rings. The van der Waals surface area contributed by atoms with Crippen molar-refractivity contribution in [3.63, 3.8) is 0 Å². The van der Waals surface area contributed by atoms with E-state index in [4.69, 9.17) is 0 Å². The Balaban J connectivity index is 1.87. The molecular formula is C16H22F2N4O4S. The van der Waals surface area contributed by atoms with E-state index in [9.17, 15) is 26.8 Å². The standard InChI is InChI=1S/C16H22F2N4O4S/c1-2-19-15(23)10-20-16(24)11-21-5-7-22(8-6-21)27(25,26)14-4-3-12(17)9-13(14)18/h3-4,9H,2,5-8,10-11H2,1H3,(H,19,23)(H,20,24). The Bertz CT molecular complexity index is 796. The van der Waals surface area contributed by atoms with Crippen LogP contribution in [0.25, 0.3) is 0 Å². The number of hydrogen-bond acceptors (Lipinski definition) is 5. The van der Waals surface area contributed by atoms with E-state index in [1.165, 1.54) is 0 Å². The van der Waals surface area contributed by atoms with Crippen LogP contribution in [-0.4, -0.2) is 75.3 Å². The second-order valence-corrected chi connectivity index (χ2v) is 7.89. The Labute approximate surface area is 156 Å². The maximum atomic E-state index is 13.8. The fourth-order valence-corrected chi connectivity index (χ4v) is 4.12. The lowest BCUT2D eigenvalue weighted by molar-refractivity contribution is -0.126. The Kier molecular flexibility index (Phi) is 7.22. The van der Waals surface area contributed by atoms with E-state index in [0.29, 0.717) is 12.6 Å². The Morgan fingerprint density at radius 1 is 1.07 bits per heavy atom. The van der Waals surface area contributed by atoms with Gasteiger partial charge in [-0.1, -0.05) is 0 Å². The van der Waals surface area contributed by atoms with E-state index in [1.54, 1.807) is 11.8 Å². The van der Waals surface area contributed by atoms with Crippen molar-refractivity contribution in [2.45, 2.75) is 11.8 Å². The first-order chi connectivity index (χ1) is 12.7. The number of amides is 2. The lowest BCUT2D eigenvalue weighted by Crippen LogP contribution is -2.51. The molecule has 0 unspecified atom stereocenters. The molecule has 11 heteroatoms. The first-order valence-corrected chi connectivity index (χ1v) is 9.89. The molecule has 0 spiro atoms. The number of nitrogens with zero attached hydrogens (tertiary/aromatic N) is 2. The van der Waals surface area contributed by atoms with E-state index in [2.05, 4.69) is 10.6 Å². The van der Waals surface area contributed by atoms with Crippen LogP contribution in [0.1, 0.15) is 6.92 Å². The van der Waals surface area contributed by atoms with Gasteiger partial charge in [-0.15, -0.1) is 0 Å². The van der Waals surface area contributed by atoms with Gasteiger partial charge in [0.1, 0.15) is 16.5 Å². The van der Waals surface area contributed by atoms with E-state index in [0.717, 1.165) is 16.4 Å². The summed E-state index contributed by atoms with van der Waals surface area (Å²) in [5.41, 5.74) is 0. The largest absolute Gasteiger partial charge is 0.355 e. The number of carbonyl (C=O) groups is 2. The SMILES string of the molecule is CCNC(=O)CNC(=O)CN1CCN(S(=O)(=O)c2ccc(F)cc2F)CC1. The Hall–Kier alpha value is -2.11. The fourth-order valence-electron chi connectivity index (χ4n) is 2.65. The van der Waals surface area contributed by atoms with Gasteiger partial charge in [-0.2, -0.15) is 4.31 Å². The molecule has 8 nitrogen and oxygen atoms in total. The first kappa shape index (κ1) is 21.2. The van der Waals surface area contributed by atoms with E-state index < -0.39 is 26.6 Å². The molecule has 0 aromatic heterocycles. The Morgan fingerprint density at radius 3 is 2.33 bits per heavy atom. The minimum Gasteiger partial charge on any atom is -0.355 e. The predicted molar refractivity (Wildman–Crippen MR) is 93.3 cm³/mol. The molecule has 1 aromatic rings. The maximum Gasteiger partial charge on any atom is 0.246 e. The number of likely N-dealkylation sites (N-methyl/N-ethyl adjacent to an activating group) is 1. The second-order valence-electron chi connectivity index (χ2n) is 5.99. The van der Waals surface area contributed by atoms with Gasteiger partial charge in [0.15, 0.2) is 0 Å². The van der Waals surface area contributed by atoms with Crippen LogP contribution in [0.15, 0.2) is 23.1 Å². The summed E-state index contributed by atoms with van der Waals surface area (Å²) < 4.78 is 52.9. The fraction of sp³-hybridized carbons (Fsp3) is 0.500. The molecule has 1 saturated heterocycles. The quantitative estimate of drug-likeness (QED) is 0.640. The minimum absolute atomic E-state index is 0.0260. The third-order valence-electron chi connectivity index (χ3n) is 4.03. The van der Waals surface area contributed by atoms with Gasteiger partial charge in [-0.05, 0) is 19.1 Å². The molecule has 1 aliphatic heterocycles. The molecular weight excluding hydrogens is 382 g/mol. The summed E-state index contributed by atoms with van der Waals surface area (Å²) >= 11 is 0. The van der Waals surface area contributed by atoms with Gasteiger partial charge in [-0.3, -0.25) is 14.5 Å². The van der Waals surface area contributed by atoms with Crippen molar-refractivity contribution in [3.05, 3.63) is 29.8 Å². The maximum absolute atomic E-state index is 13.8. The summed E-state index contributed by atoms with van der Waals surface area (Å²) in [5, 5.41) is 5.04. The molecule has 27 heavy (non-hydrogen) atoms. The summed E-state index contributed by atoms with van der Waals surface area (Å²) in [6.07, 6.45) is 0. The highest BCUT2D eigenvalue weighted by atomic mass is 32.2. The van der Waals surface area contributed by atoms with Crippen LogP contribution in [-0.2, 0) is 19.6 Å². The number of halogens is 2. The molecule has 0 atom stereocenters. The molecule has 2 amide bonds. The van der Waals surface area contributed by atoms with Crippen LogP contribution in [0.2, 0.25) is 0 Å². The van der Waals surface area contributed by atoms with Crippen molar-refractivity contribution in [2.75, 3.05) is 45.8 Å². The zero-order chi connectivity index (χ0) is 20.0. The average molecular weight is 404 g/mol. The number of nitrogens with one attached hydrogen (secondary N) is 2. The van der Waals surface area contributed by atoms with Crippen LogP contribution in [0.3, 0.4) is 0 Å². The molecule has 1 heterocycles. The Morgan fingerprint density at radius 2 is 1.74 bits per heavy atom. The smallest absolute Gasteiger partial charge is 0.246 e. The molecule has 1 aliphatic rings. The van der Waals surface area contributed by atoms with Gasteiger partial charge < -0.3 is 10.6 Å². The normalized spacial score (nSPS) is 16.1. The lowest BCUT2D eigenvalue weighted by Gasteiger charge is -2.33. The van der Waals surface area contributed by atoms with Crippen LogP contribution >= 0.6 is 0 Å². The molecule has 0 bridgehead atoms. The highest BCUT2D eigenvalue weighted by molar-refractivity contribution is 7.89. The van der Waals surface area contributed by atoms with Gasteiger partial charge in [-0.25, -0.2) is 17.2 Å². The molecule has 1 aromatic carbocycles. The third kappa shape index (κ3) is 5.68. The van der Waals surface area contributed by atoms with Crippen molar-refractivity contribution in [1.82, 2.24) is 19.8 Å². The molecule has 2 rings (SSSR count). The second kappa shape index (κ2) is 9.20. The summed E-state index contributed by atoms with van der Waals surface area (Å²) in [5.74, 6) is -2.62. The number of carbonyl (C=O) groups excluding carboxylic acids is 2.